The van der Waals surface area contributed by atoms with Crippen molar-refractivity contribution in [3.63, 3.8) is 0 Å². The molecule has 7 nitrogen and oxygen atoms in total. The summed E-state index contributed by atoms with van der Waals surface area (Å²) in [6, 6.07) is 7.77. The fourth-order valence-corrected chi connectivity index (χ4v) is 3.97. The molecule has 0 aliphatic carbocycles. The lowest BCUT2D eigenvalue weighted by molar-refractivity contribution is -0.133. The average molecular weight is 381 g/mol. The Labute approximate surface area is 153 Å². The summed E-state index contributed by atoms with van der Waals surface area (Å²) in [4.78, 5) is 41.1. The summed E-state index contributed by atoms with van der Waals surface area (Å²) in [5.41, 5.74) is 0.906. The van der Waals surface area contributed by atoms with Gasteiger partial charge in [0.05, 0.1) is 22.6 Å². The van der Waals surface area contributed by atoms with E-state index < -0.39 is 12.0 Å². The largest absolute Gasteiger partial charge is 0.450 e. The lowest BCUT2D eigenvalue weighted by Gasteiger charge is -2.19. The summed E-state index contributed by atoms with van der Waals surface area (Å²) in [6.45, 7) is 3.78. The Bertz CT molecular complexity index is 730. The first-order chi connectivity index (χ1) is 12.0. The molecule has 0 unspecified atom stereocenters. The zero-order valence-corrected chi connectivity index (χ0v) is 15.6. The standard InChI is InChI=1S/C16H19N3O4S2/c1-3-19(9-13(20)18-15(22)23-4-2)14(21)10-24-16-17-11-7-5-6-8-12(11)25-16/h5-8H,3-4,9-10H2,1-2H3,(H,18,20,22). The third kappa shape index (κ3) is 5.71. The van der Waals surface area contributed by atoms with E-state index in [9.17, 15) is 14.4 Å². The zero-order chi connectivity index (χ0) is 18.2. The molecule has 0 fully saturated rings. The number of para-hydroxylation sites is 1. The smallest absolute Gasteiger partial charge is 0.413 e. The van der Waals surface area contributed by atoms with Crippen LogP contribution in [0.2, 0.25) is 0 Å². The maximum atomic E-state index is 12.3. The van der Waals surface area contributed by atoms with Crippen molar-refractivity contribution < 1.29 is 19.1 Å². The minimum atomic E-state index is -0.806. The Morgan fingerprint density at radius 1 is 1.28 bits per heavy atom. The molecular formula is C16H19N3O4S2. The third-order valence-electron chi connectivity index (χ3n) is 3.18. The van der Waals surface area contributed by atoms with E-state index in [1.54, 1.807) is 13.8 Å². The first-order valence-electron chi connectivity index (χ1n) is 7.76. The van der Waals surface area contributed by atoms with Crippen LogP contribution < -0.4 is 5.32 Å². The number of thioether (sulfide) groups is 1. The molecule has 1 aromatic heterocycles. The predicted molar refractivity (Wildman–Crippen MR) is 97.8 cm³/mol. The topological polar surface area (TPSA) is 88.6 Å². The van der Waals surface area contributed by atoms with E-state index in [4.69, 9.17) is 0 Å². The molecule has 25 heavy (non-hydrogen) atoms. The molecule has 0 aliphatic heterocycles. The number of imide groups is 1. The van der Waals surface area contributed by atoms with Crippen LogP contribution in [-0.2, 0) is 14.3 Å². The summed E-state index contributed by atoms with van der Waals surface area (Å²) in [7, 11) is 0. The van der Waals surface area contributed by atoms with Crippen LogP contribution in [0, 0.1) is 0 Å². The van der Waals surface area contributed by atoms with Gasteiger partial charge in [0.2, 0.25) is 11.8 Å². The molecule has 1 aromatic carbocycles. The Morgan fingerprint density at radius 2 is 2.04 bits per heavy atom. The number of hydrogen-bond acceptors (Lipinski definition) is 7. The third-order valence-corrected chi connectivity index (χ3v) is 5.34. The molecule has 0 saturated heterocycles. The number of aromatic nitrogens is 1. The molecule has 1 heterocycles. The second kappa shape index (κ2) is 9.38. The first-order valence-corrected chi connectivity index (χ1v) is 9.56. The number of benzene rings is 1. The normalized spacial score (nSPS) is 10.5. The maximum Gasteiger partial charge on any atom is 0.413 e. The quantitative estimate of drug-likeness (QED) is 0.742. The number of amides is 3. The molecule has 0 atom stereocenters. The van der Waals surface area contributed by atoms with Gasteiger partial charge in [0.1, 0.15) is 6.54 Å². The minimum absolute atomic E-state index is 0.175. The SMILES string of the molecule is CCOC(=O)NC(=O)CN(CC)C(=O)CSc1nc2ccccc2s1. The van der Waals surface area contributed by atoms with E-state index in [-0.39, 0.29) is 24.8 Å². The molecule has 1 N–H and O–H groups in total. The summed E-state index contributed by atoms with van der Waals surface area (Å²) in [5.74, 6) is -0.579. The molecule has 2 rings (SSSR count). The number of nitrogens with zero attached hydrogens (tertiary/aromatic N) is 2. The van der Waals surface area contributed by atoms with E-state index in [1.165, 1.54) is 28.0 Å². The van der Waals surface area contributed by atoms with Gasteiger partial charge in [-0.3, -0.25) is 14.9 Å². The van der Waals surface area contributed by atoms with E-state index in [2.05, 4.69) is 15.0 Å². The molecule has 0 saturated carbocycles. The number of hydrogen-bond donors (Lipinski definition) is 1. The molecule has 9 heteroatoms. The van der Waals surface area contributed by atoms with E-state index >= 15 is 0 Å². The second-order valence-electron chi connectivity index (χ2n) is 4.91. The first kappa shape index (κ1) is 19.2. The summed E-state index contributed by atoms with van der Waals surface area (Å²) < 4.78 is 6.51. The fraction of sp³-hybridized carbons (Fsp3) is 0.375. The number of nitrogens with one attached hydrogen (secondary N) is 1. The molecule has 2 aromatic rings. The number of thiazole rings is 1. The van der Waals surface area contributed by atoms with E-state index in [0.29, 0.717) is 6.54 Å². The van der Waals surface area contributed by atoms with E-state index in [1.807, 2.05) is 24.3 Å². The highest BCUT2D eigenvalue weighted by molar-refractivity contribution is 8.01. The van der Waals surface area contributed by atoms with Gasteiger partial charge in [-0.05, 0) is 26.0 Å². The van der Waals surface area contributed by atoms with Gasteiger partial charge in [-0.15, -0.1) is 11.3 Å². The number of likely N-dealkylation sites (N-methyl/N-ethyl adjacent to an activating group) is 1. The predicted octanol–water partition coefficient (Wildman–Crippen LogP) is 2.51. The van der Waals surface area contributed by atoms with Gasteiger partial charge < -0.3 is 9.64 Å². The molecule has 3 amide bonds. The van der Waals surface area contributed by atoms with Crippen molar-refractivity contribution in [3.8, 4) is 0 Å². The van der Waals surface area contributed by atoms with Crippen LogP contribution >= 0.6 is 23.1 Å². The van der Waals surface area contributed by atoms with Crippen molar-refractivity contribution >= 4 is 51.2 Å². The summed E-state index contributed by atoms with van der Waals surface area (Å²) >= 11 is 2.87. The van der Waals surface area contributed by atoms with Crippen LogP contribution in [0.3, 0.4) is 0 Å². The molecule has 0 spiro atoms. The van der Waals surface area contributed by atoms with Crippen molar-refractivity contribution in [3.05, 3.63) is 24.3 Å². The highest BCUT2D eigenvalue weighted by Crippen LogP contribution is 2.29. The molecule has 0 radical (unpaired) electrons. The van der Waals surface area contributed by atoms with Crippen LogP contribution in [0.25, 0.3) is 10.2 Å². The average Bonchev–Trinajstić information content (AvgIpc) is 3.00. The maximum absolute atomic E-state index is 12.3. The zero-order valence-electron chi connectivity index (χ0n) is 14.0. The lowest BCUT2D eigenvalue weighted by atomic mass is 10.3. The number of fused-ring (bicyclic) bond motifs is 1. The second-order valence-corrected chi connectivity index (χ2v) is 7.17. The molecular weight excluding hydrogens is 362 g/mol. The van der Waals surface area contributed by atoms with Gasteiger partial charge in [0.15, 0.2) is 4.34 Å². The summed E-state index contributed by atoms with van der Waals surface area (Å²) in [6.07, 6.45) is -0.806. The van der Waals surface area contributed by atoms with Crippen molar-refractivity contribution in [2.75, 3.05) is 25.4 Å². The molecule has 134 valence electrons. The molecule has 0 aliphatic rings. The monoisotopic (exact) mass is 381 g/mol. The van der Waals surface area contributed by atoms with Crippen LogP contribution in [0.15, 0.2) is 28.6 Å². The van der Waals surface area contributed by atoms with Crippen molar-refractivity contribution in [1.29, 1.82) is 0 Å². The number of carbonyl (C=O) groups is 3. The van der Waals surface area contributed by atoms with Gasteiger partial charge in [-0.1, -0.05) is 23.9 Å². The van der Waals surface area contributed by atoms with Crippen LogP contribution in [0.4, 0.5) is 4.79 Å². The van der Waals surface area contributed by atoms with Gasteiger partial charge in [0.25, 0.3) is 0 Å². The number of carbonyl (C=O) groups excluding carboxylic acids is 3. The summed E-state index contributed by atoms with van der Waals surface area (Å²) in [5, 5.41) is 2.08. The Balaban J connectivity index is 1.86. The highest BCUT2D eigenvalue weighted by Gasteiger charge is 2.18. The number of rotatable bonds is 7. The number of alkyl carbamates (subject to hydrolysis) is 1. The Kier molecular flexibility index (Phi) is 7.20. The van der Waals surface area contributed by atoms with Crippen molar-refractivity contribution in [2.45, 2.75) is 18.2 Å². The lowest BCUT2D eigenvalue weighted by Crippen LogP contribution is -2.43. The Hall–Kier alpha value is -2.13. The fourth-order valence-electron chi connectivity index (χ4n) is 2.00. The van der Waals surface area contributed by atoms with E-state index in [0.717, 1.165) is 14.6 Å². The van der Waals surface area contributed by atoms with Crippen LogP contribution in [0.5, 0.6) is 0 Å². The van der Waals surface area contributed by atoms with Gasteiger partial charge in [0, 0.05) is 6.54 Å². The van der Waals surface area contributed by atoms with Gasteiger partial charge >= 0.3 is 6.09 Å². The van der Waals surface area contributed by atoms with Crippen LogP contribution in [0.1, 0.15) is 13.8 Å². The van der Waals surface area contributed by atoms with Gasteiger partial charge in [-0.2, -0.15) is 0 Å². The van der Waals surface area contributed by atoms with Crippen LogP contribution in [-0.4, -0.2) is 53.2 Å². The van der Waals surface area contributed by atoms with Crippen molar-refractivity contribution in [1.82, 2.24) is 15.2 Å². The Morgan fingerprint density at radius 3 is 2.72 bits per heavy atom. The number of ether oxygens (including phenoxy) is 1. The minimum Gasteiger partial charge on any atom is -0.450 e. The highest BCUT2D eigenvalue weighted by atomic mass is 32.2. The van der Waals surface area contributed by atoms with Gasteiger partial charge in [-0.25, -0.2) is 9.78 Å². The van der Waals surface area contributed by atoms with Crippen molar-refractivity contribution in [2.24, 2.45) is 0 Å². The molecule has 0 bridgehead atoms.